The van der Waals surface area contributed by atoms with Crippen molar-refractivity contribution in [2.75, 3.05) is 4.90 Å². The first-order valence-corrected chi connectivity index (χ1v) is 22.5. The Labute approximate surface area is 360 Å². The first kappa shape index (κ1) is 35.5. The molecule has 0 saturated carbocycles. The zero-order valence-corrected chi connectivity index (χ0v) is 35.0. The summed E-state index contributed by atoms with van der Waals surface area (Å²) in [6.07, 6.45) is 0. The topological polar surface area (TPSA) is 8.17 Å². The maximum absolute atomic E-state index is 2.42. The van der Waals surface area contributed by atoms with Crippen molar-refractivity contribution >= 4 is 83.4 Å². The van der Waals surface area contributed by atoms with Crippen molar-refractivity contribution in [1.82, 2.24) is 4.57 Å². The van der Waals surface area contributed by atoms with E-state index in [9.17, 15) is 0 Å². The fourth-order valence-electron chi connectivity index (χ4n) is 9.30. The van der Waals surface area contributed by atoms with Crippen LogP contribution in [0.3, 0.4) is 0 Å². The number of rotatable bonds is 7. The van der Waals surface area contributed by atoms with E-state index < -0.39 is 0 Å². The average molecular weight is 842 g/mol. The smallest absolute Gasteiger partial charge is 0.0547 e. The van der Waals surface area contributed by atoms with Gasteiger partial charge in [-0.25, -0.2) is 0 Å². The van der Waals surface area contributed by atoms with Gasteiger partial charge in [0.15, 0.2) is 0 Å². The second kappa shape index (κ2) is 14.7. The molecule has 0 spiro atoms. The minimum Gasteiger partial charge on any atom is -0.0602 e. The second-order valence-corrected chi connectivity index (χ2v) is 18.0. The third-order valence-corrected chi connectivity index (χ3v) is 14.6. The molecule has 0 amide bonds. The van der Waals surface area contributed by atoms with Crippen molar-refractivity contribution in [2.24, 2.45) is 0 Å². The fraction of sp³-hybridized carbons (Fsp3) is 0. The van der Waals surface area contributed by atoms with Crippen LogP contribution in [0.5, 0.6) is 0 Å². The van der Waals surface area contributed by atoms with Gasteiger partial charge in [0.1, 0.15) is 0 Å². The van der Waals surface area contributed by atoms with E-state index in [-0.39, 0.29) is 0 Å². The Bertz CT molecular complexity index is 3570. The van der Waals surface area contributed by atoms with E-state index in [0.29, 0.717) is 14.5 Å². The second-order valence-electron chi connectivity index (χ2n) is 15.7. The van der Waals surface area contributed by atoms with Gasteiger partial charge >= 0.3 is 210 Å². The maximum Gasteiger partial charge on any atom is 0.0547 e. The number of benzene rings is 10. The van der Waals surface area contributed by atoms with Crippen LogP contribution in [0.4, 0.5) is 17.1 Å². The van der Waals surface area contributed by atoms with Crippen LogP contribution in [-0.4, -0.2) is 19.1 Å². The molecule has 3 heteroatoms. The first-order valence-electron chi connectivity index (χ1n) is 20.8. The predicted octanol–water partition coefficient (Wildman–Crippen LogP) is 15.8. The average Bonchev–Trinajstić information content (AvgIpc) is 3.87. The van der Waals surface area contributed by atoms with Gasteiger partial charge in [-0.3, -0.25) is 0 Å². The van der Waals surface area contributed by atoms with Crippen LogP contribution in [0.2, 0.25) is 0 Å². The molecule has 0 aliphatic heterocycles. The minimum atomic E-state index is 0.322. The number of aromatic nitrogens is 1. The first-order chi connectivity index (χ1) is 30.2. The molecule has 12 aromatic rings. The van der Waals surface area contributed by atoms with E-state index in [1.165, 1.54) is 85.3 Å². The molecule has 0 saturated heterocycles. The van der Waals surface area contributed by atoms with Crippen LogP contribution in [0.25, 0.3) is 90.9 Å². The Kier molecular flexibility index (Phi) is 8.55. The normalized spacial score (nSPS) is 11.6. The van der Waals surface area contributed by atoms with Crippen molar-refractivity contribution in [2.45, 2.75) is 0 Å². The van der Waals surface area contributed by atoms with E-state index in [1.807, 2.05) is 0 Å². The third-order valence-electron chi connectivity index (χ3n) is 12.2. The van der Waals surface area contributed by atoms with Crippen LogP contribution < -0.4 is 4.90 Å². The monoisotopic (exact) mass is 842 g/mol. The van der Waals surface area contributed by atoms with Gasteiger partial charge in [0, 0.05) is 16.5 Å². The number of nitrogens with zero attached hydrogens (tertiary/aromatic N) is 2. The van der Waals surface area contributed by atoms with Crippen molar-refractivity contribution in [1.29, 1.82) is 0 Å². The quantitative estimate of drug-likeness (QED) is 0.145. The molecular weight excluding hydrogens is 804 g/mol. The zero-order chi connectivity index (χ0) is 40.3. The molecule has 0 N–H and O–H groups in total. The molecular formula is C58H38N2Se. The molecule has 0 atom stereocenters. The van der Waals surface area contributed by atoms with E-state index >= 15 is 0 Å². The summed E-state index contributed by atoms with van der Waals surface area (Å²) in [5, 5.41) is 7.77. The molecule has 0 radical (unpaired) electrons. The van der Waals surface area contributed by atoms with Gasteiger partial charge in [-0.15, -0.1) is 0 Å². The number of hydrogen-bond donors (Lipinski definition) is 0. The summed E-state index contributed by atoms with van der Waals surface area (Å²) >= 11 is 0.322. The SMILES string of the molecule is c1ccc(-n2c3ccccc3c3ccc(-c4ccc(N(c5ccc(-c6ccc7c(c6)[se]c6ccccc67)cc5)c5ccccc5-c5cccc6ccccc56)cc4)cc32)cc1. The van der Waals surface area contributed by atoms with Crippen molar-refractivity contribution in [3.63, 3.8) is 0 Å². The van der Waals surface area contributed by atoms with E-state index in [2.05, 4.69) is 240 Å². The fourth-order valence-corrected chi connectivity index (χ4v) is 11.7. The van der Waals surface area contributed by atoms with Gasteiger partial charge in [-0.2, -0.15) is 0 Å². The van der Waals surface area contributed by atoms with Crippen LogP contribution in [-0.2, 0) is 0 Å². The number of fused-ring (bicyclic) bond motifs is 7. The molecule has 2 heterocycles. The summed E-state index contributed by atoms with van der Waals surface area (Å²) in [5.41, 5.74) is 14.2. The summed E-state index contributed by atoms with van der Waals surface area (Å²) in [5.74, 6) is 0. The molecule has 0 aliphatic carbocycles. The Morgan fingerprint density at radius 1 is 0.328 bits per heavy atom. The summed E-state index contributed by atoms with van der Waals surface area (Å²) in [4.78, 5) is 2.42. The van der Waals surface area contributed by atoms with Crippen LogP contribution in [0.1, 0.15) is 0 Å². The van der Waals surface area contributed by atoms with Gasteiger partial charge in [-0.05, 0) is 35.2 Å². The largest absolute Gasteiger partial charge is 0.0602 e. The van der Waals surface area contributed by atoms with E-state index in [1.54, 1.807) is 0 Å². The van der Waals surface area contributed by atoms with Gasteiger partial charge in [-0.1, -0.05) is 84.9 Å². The number of anilines is 3. The summed E-state index contributed by atoms with van der Waals surface area (Å²) in [6.45, 7) is 0. The number of para-hydroxylation sites is 3. The van der Waals surface area contributed by atoms with Gasteiger partial charge in [0.25, 0.3) is 0 Å². The standard InChI is InChI=1S/C58H38N2Se/c1-2-15-44(16-3-1)60-55-23-10-7-19-50(55)51-35-29-42(37-56(51)60)39-25-31-45(32-26-39)59(54-22-9-6-18-49(54)48-21-12-14-41-13-4-5-17-47(41)48)46-33-27-40(28-34-46)43-30-36-53-52-20-8-11-24-57(52)61-58(53)38-43/h1-38H. The zero-order valence-electron chi connectivity index (χ0n) is 33.2. The van der Waals surface area contributed by atoms with Crippen LogP contribution in [0.15, 0.2) is 231 Å². The molecule has 0 aliphatic rings. The Hall–Kier alpha value is -7.42. The molecule has 0 fully saturated rings. The summed E-state index contributed by atoms with van der Waals surface area (Å²) < 4.78 is 5.32. The van der Waals surface area contributed by atoms with Crippen molar-refractivity contribution < 1.29 is 0 Å². The Morgan fingerprint density at radius 2 is 0.869 bits per heavy atom. The van der Waals surface area contributed by atoms with Gasteiger partial charge in [0.05, 0.1) is 11.0 Å². The molecule has 0 bridgehead atoms. The predicted molar refractivity (Wildman–Crippen MR) is 261 cm³/mol. The molecule has 61 heavy (non-hydrogen) atoms. The number of hydrogen-bond acceptors (Lipinski definition) is 1. The van der Waals surface area contributed by atoms with Crippen LogP contribution in [0, 0.1) is 0 Å². The maximum atomic E-state index is 2.42. The molecule has 286 valence electrons. The molecule has 2 aromatic heterocycles. The molecule has 12 rings (SSSR count). The minimum absolute atomic E-state index is 0.322. The third kappa shape index (κ3) is 6.09. The Balaban J connectivity index is 0.977. The Morgan fingerprint density at radius 3 is 1.66 bits per heavy atom. The van der Waals surface area contributed by atoms with E-state index in [0.717, 1.165) is 22.7 Å². The molecule has 10 aromatic carbocycles. The van der Waals surface area contributed by atoms with Gasteiger partial charge < -0.3 is 4.57 Å². The van der Waals surface area contributed by atoms with Gasteiger partial charge in [0.2, 0.25) is 0 Å². The van der Waals surface area contributed by atoms with Crippen molar-refractivity contribution in [3.05, 3.63) is 231 Å². The summed E-state index contributed by atoms with van der Waals surface area (Å²) in [6, 6.07) is 84.6. The summed E-state index contributed by atoms with van der Waals surface area (Å²) in [7, 11) is 0. The van der Waals surface area contributed by atoms with Crippen molar-refractivity contribution in [3.8, 4) is 39.1 Å². The van der Waals surface area contributed by atoms with E-state index in [4.69, 9.17) is 0 Å². The molecule has 0 unspecified atom stereocenters. The molecule has 2 nitrogen and oxygen atoms in total. The van der Waals surface area contributed by atoms with Crippen LogP contribution >= 0.6 is 0 Å².